The Labute approximate surface area is 150 Å². The van der Waals surface area contributed by atoms with Crippen molar-refractivity contribution in [1.29, 1.82) is 0 Å². The van der Waals surface area contributed by atoms with Crippen LogP contribution in [0.2, 0.25) is 0 Å². The van der Waals surface area contributed by atoms with E-state index in [9.17, 15) is 9.90 Å². The SMILES string of the molecule is CCOc1cc(C=C2C(=O)Nc3ccc(Br)cc32)cc(Br)c1O. The molecular formula is C17H13Br2NO3. The molecule has 2 aromatic rings. The average molecular weight is 439 g/mol. The number of carbonyl (C=O) groups excluding carboxylic acids is 1. The summed E-state index contributed by atoms with van der Waals surface area (Å²) in [6.45, 7) is 2.28. The van der Waals surface area contributed by atoms with Crippen molar-refractivity contribution in [3.63, 3.8) is 0 Å². The highest BCUT2D eigenvalue weighted by molar-refractivity contribution is 9.10. The van der Waals surface area contributed by atoms with Gasteiger partial charge in [0.1, 0.15) is 0 Å². The first kappa shape index (κ1) is 16.1. The van der Waals surface area contributed by atoms with Gasteiger partial charge in [-0.25, -0.2) is 0 Å². The Morgan fingerprint density at radius 1 is 1.26 bits per heavy atom. The van der Waals surface area contributed by atoms with E-state index in [1.54, 1.807) is 18.2 Å². The Bertz CT molecular complexity index is 831. The number of hydrogen-bond acceptors (Lipinski definition) is 3. The number of phenolic OH excluding ortho intramolecular Hbond substituents is 1. The predicted molar refractivity (Wildman–Crippen MR) is 97.6 cm³/mol. The van der Waals surface area contributed by atoms with E-state index < -0.39 is 0 Å². The van der Waals surface area contributed by atoms with E-state index >= 15 is 0 Å². The van der Waals surface area contributed by atoms with Crippen LogP contribution in [0.25, 0.3) is 11.6 Å². The minimum atomic E-state index is -0.153. The van der Waals surface area contributed by atoms with Gasteiger partial charge in [0, 0.05) is 21.3 Å². The second kappa shape index (κ2) is 6.37. The van der Waals surface area contributed by atoms with Gasteiger partial charge in [0.2, 0.25) is 0 Å². The number of benzene rings is 2. The third-order valence-corrected chi connectivity index (χ3v) is 4.52. The van der Waals surface area contributed by atoms with E-state index in [4.69, 9.17) is 4.74 Å². The topological polar surface area (TPSA) is 58.6 Å². The maximum atomic E-state index is 12.2. The first-order valence-electron chi connectivity index (χ1n) is 6.98. The van der Waals surface area contributed by atoms with Crippen molar-refractivity contribution in [3.05, 3.63) is 50.4 Å². The van der Waals surface area contributed by atoms with Crippen LogP contribution in [0.15, 0.2) is 39.3 Å². The summed E-state index contributed by atoms with van der Waals surface area (Å²) in [5.74, 6) is 0.273. The molecule has 1 amide bonds. The molecule has 4 nitrogen and oxygen atoms in total. The van der Waals surface area contributed by atoms with Crippen molar-refractivity contribution in [2.24, 2.45) is 0 Å². The van der Waals surface area contributed by atoms with Gasteiger partial charge in [-0.3, -0.25) is 4.79 Å². The molecule has 0 atom stereocenters. The number of nitrogens with one attached hydrogen (secondary N) is 1. The van der Waals surface area contributed by atoms with E-state index in [1.165, 1.54) is 0 Å². The summed E-state index contributed by atoms with van der Waals surface area (Å²) >= 11 is 6.73. The molecule has 0 bridgehead atoms. The quantitative estimate of drug-likeness (QED) is 0.676. The van der Waals surface area contributed by atoms with Crippen LogP contribution in [0.3, 0.4) is 0 Å². The molecule has 0 aliphatic carbocycles. The molecule has 6 heteroatoms. The van der Waals surface area contributed by atoms with E-state index in [1.807, 2.05) is 25.1 Å². The lowest BCUT2D eigenvalue weighted by Crippen LogP contribution is -2.03. The summed E-state index contributed by atoms with van der Waals surface area (Å²) in [6.07, 6.45) is 1.78. The highest BCUT2D eigenvalue weighted by atomic mass is 79.9. The fraction of sp³-hybridized carbons (Fsp3) is 0.118. The lowest BCUT2D eigenvalue weighted by atomic mass is 10.0. The number of fused-ring (bicyclic) bond motifs is 1. The minimum Gasteiger partial charge on any atom is -0.503 e. The normalized spacial score (nSPS) is 14.7. The molecule has 2 N–H and O–H groups in total. The Morgan fingerprint density at radius 3 is 2.78 bits per heavy atom. The fourth-order valence-electron chi connectivity index (χ4n) is 2.41. The zero-order chi connectivity index (χ0) is 16.6. The maximum absolute atomic E-state index is 12.2. The number of halogens is 2. The van der Waals surface area contributed by atoms with Crippen molar-refractivity contribution in [1.82, 2.24) is 0 Å². The molecule has 0 spiro atoms. The van der Waals surface area contributed by atoms with Crippen LogP contribution in [-0.4, -0.2) is 17.6 Å². The Hall–Kier alpha value is -1.79. The van der Waals surface area contributed by atoms with Gasteiger partial charge in [-0.2, -0.15) is 0 Å². The van der Waals surface area contributed by atoms with E-state index in [0.717, 1.165) is 21.3 Å². The molecule has 0 aromatic heterocycles. The molecule has 1 aliphatic rings. The van der Waals surface area contributed by atoms with E-state index in [-0.39, 0.29) is 11.7 Å². The van der Waals surface area contributed by atoms with Gasteiger partial charge in [-0.1, -0.05) is 15.9 Å². The molecule has 2 aromatic carbocycles. The van der Waals surface area contributed by atoms with Crippen molar-refractivity contribution in [3.8, 4) is 11.5 Å². The summed E-state index contributed by atoms with van der Waals surface area (Å²) in [7, 11) is 0. The Morgan fingerprint density at radius 2 is 2.04 bits per heavy atom. The Balaban J connectivity index is 2.09. The first-order valence-corrected chi connectivity index (χ1v) is 8.56. The lowest BCUT2D eigenvalue weighted by Gasteiger charge is -2.09. The van der Waals surface area contributed by atoms with Crippen molar-refractivity contribution < 1.29 is 14.6 Å². The van der Waals surface area contributed by atoms with Crippen LogP contribution in [0, 0.1) is 0 Å². The first-order chi connectivity index (χ1) is 11.0. The van der Waals surface area contributed by atoms with Crippen LogP contribution < -0.4 is 10.1 Å². The van der Waals surface area contributed by atoms with Gasteiger partial charge in [0.05, 0.1) is 11.1 Å². The highest BCUT2D eigenvalue weighted by Gasteiger charge is 2.24. The molecule has 1 aliphatic heterocycles. The van der Waals surface area contributed by atoms with Crippen LogP contribution in [0.5, 0.6) is 11.5 Å². The lowest BCUT2D eigenvalue weighted by molar-refractivity contribution is -0.110. The van der Waals surface area contributed by atoms with Gasteiger partial charge >= 0.3 is 0 Å². The molecule has 0 radical (unpaired) electrons. The summed E-state index contributed by atoms with van der Waals surface area (Å²) < 4.78 is 6.84. The zero-order valence-electron chi connectivity index (χ0n) is 12.2. The smallest absolute Gasteiger partial charge is 0.256 e. The number of rotatable bonds is 3. The largest absolute Gasteiger partial charge is 0.503 e. The number of aromatic hydroxyl groups is 1. The van der Waals surface area contributed by atoms with E-state index in [2.05, 4.69) is 37.2 Å². The van der Waals surface area contributed by atoms with Gasteiger partial charge < -0.3 is 15.2 Å². The molecule has 0 unspecified atom stereocenters. The zero-order valence-corrected chi connectivity index (χ0v) is 15.4. The summed E-state index contributed by atoms with van der Waals surface area (Å²) in [4.78, 5) is 12.2. The molecule has 23 heavy (non-hydrogen) atoms. The van der Waals surface area contributed by atoms with Gasteiger partial charge in [-0.05, 0) is 64.8 Å². The molecule has 0 saturated heterocycles. The predicted octanol–water partition coefficient (Wildman–Crippen LogP) is 4.81. The molecule has 0 fully saturated rings. The van der Waals surface area contributed by atoms with Crippen LogP contribution in [0.4, 0.5) is 5.69 Å². The maximum Gasteiger partial charge on any atom is 0.256 e. The summed E-state index contributed by atoms with van der Waals surface area (Å²) in [5, 5.41) is 12.8. The number of phenols is 1. The monoisotopic (exact) mass is 437 g/mol. The average Bonchev–Trinajstić information content (AvgIpc) is 2.80. The molecule has 3 rings (SSSR count). The second-order valence-electron chi connectivity index (χ2n) is 4.98. The van der Waals surface area contributed by atoms with Crippen molar-refractivity contribution in [2.45, 2.75) is 6.92 Å². The van der Waals surface area contributed by atoms with Crippen LogP contribution in [-0.2, 0) is 4.79 Å². The fourth-order valence-corrected chi connectivity index (χ4v) is 3.23. The number of carbonyl (C=O) groups is 1. The summed E-state index contributed by atoms with van der Waals surface area (Å²) in [6, 6.07) is 9.09. The number of ether oxygens (including phenoxy) is 1. The summed E-state index contributed by atoms with van der Waals surface area (Å²) in [5.41, 5.74) is 2.95. The molecule has 0 saturated carbocycles. The van der Waals surface area contributed by atoms with Gasteiger partial charge in [-0.15, -0.1) is 0 Å². The van der Waals surface area contributed by atoms with Gasteiger partial charge in [0.15, 0.2) is 11.5 Å². The minimum absolute atomic E-state index is 0.0491. The van der Waals surface area contributed by atoms with Crippen molar-refractivity contribution in [2.75, 3.05) is 11.9 Å². The van der Waals surface area contributed by atoms with Crippen LogP contribution in [0.1, 0.15) is 18.1 Å². The third-order valence-electron chi connectivity index (χ3n) is 3.43. The Kier molecular flexibility index (Phi) is 4.46. The van der Waals surface area contributed by atoms with Crippen molar-refractivity contribution >= 4 is 55.1 Å². The second-order valence-corrected chi connectivity index (χ2v) is 6.75. The van der Waals surface area contributed by atoms with Gasteiger partial charge in [0.25, 0.3) is 5.91 Å². The van der Waals surface area contributed by atoms with E-state index in [0.29, 0.717) is 22.4 Å². The molecule has 118 valence electrons. The standard InChI is InChI=1S/C17H13Br2NO3/c1-2-23-15-7-9(6-13(19)16(15)21)5-12-11-8-10(18)3-4-14(11)20-17(12)22/h3-8,21H,2H2,1H3,(H,20,22). The molecule has 1 heterocycles. The van der Waals surface area contributed by atoms with Crippen LogP contribution >= 0.6 is 31.9 Å². The number of hydrogen-bond donors (Lipinski definition) is 2. The molecular weight excluding hydrogens is 426 g/mol. The number of amides is 1. The third kappa shape index (κ3) is 3.14. The number of anilines is 1. The highest BCUT2D eigenvalue weighted by Crippen LogP contribution is 2.39.